The van der Waals surface area contributed by atoms with Gasteiger partial charge in [0, 0.05) is 20.1 Å². The van der Waals surface area contributed by atoms with E-state index in [1.165, 1.54) is 4.68 Å². The Morgan fingerprint density at radius 1 is 1.47 bits per heavy atom. The molecular formula is C13H22ClN3O2. The fourth-order valence-electron chi connectivity index (χ4n) is 1.97. The summed E-state index contributed by atoms with van der Waals surface area (Å²) in [7, 11) is 1.71. The molecule has 0 bridgehead atoms. The lowest BCUT2D eigenvalue weighted by Crippen LogP contribution is -2.42. The molecule has 0 saturated heterocycles. The Morgan fingerprint density at radius 2 is 2.05 bits per heavy atom. The van der Waals surface area contributed by atoms with Gasteiger partial charge in [-0.05, 0) is 27.2 Å². The Labute approximate surface area is 119 Å². The summed E-state index contributed by atoms with van der Waals surface area (Å²) in [5.41, 5.74) is 0.191. The number of amides is 1. The standard InChI is InChI=1S/C13H22ClN3O2/c1-6-9-10(11(14)16(5)15-9)12(18)17(7-2)8-13(3,4)19/h19H,6-8H2,1-5H3. The smallest absolute Gasteiger partial charge is 0.258 e. The van der Waals surface area contributed by atoms with Crippen LogP contribution in [-0.2, 0) is 13.5 Å². The second-order valence-corrected chi connectivity index (χ2v) is 5.58. The van der Waals surface area contributed by atoms with Crippen molar-refractivity contribution in [2.75, 3.05) is 13.1 Å². The summed E-state index contributed by atoms with van der Waals surface area (Å²) in [5, 5.41) is 14.4. The van der Waals surface area contributed by atoms with Crippen LogP contribution in [0.3, 0.4) is 0 Å². The van der Waals surface area contributed by atoms with E-state index in [2.05, 4.69) is 5.10 Å². The summed E-state index contributed by atoms with van der Waals surface area (Å²) in [4.78, 5) is 14.1. The number of rotatable bonds is 5. The number of aromatic nitrogens is 2. The molecule has 1 N–H and O–H groups in total. The lowest BCUT2D eigenvalue weighted by molar-refractivity contribution is 0.0314. The summed E-state index contributed by atoms with van der Waals surface area (Å²) in [6, 6.07) is 0. The number of hydrogen-bond donors (Lipinski definition) is 1. The second kappa shape index (κ2) is 5.92. The Hall–Kier alpha value is -1.07. The Balaban J connectivity index is 3.11. The molecule has 1 rings (SSSR count). The highest BCUT2D eigenvalue weighted by atomic mass is 35.5. The average Bonchev–Trinajstić information content (AvgIpc) is 2.60. The van der Waals surface area contributed by atoms with Crippen LogP contribution in [0.5, 0.6) is 0 Å². The van der Waals surface area contributed by atoms with Crippen molar-refractivity contribution in [3.05, 3.63) is 16.4 Å². The van der Waals surface area contributed by atoms with E-state index >= 15 is 0 Å². The molecule has 1 aromatic heterocycles. The summed E-state index contributed by atoms with van der Waals surface area (Å²) in [5.74, 6) is -0.181. The van der Waals surface area contributed by atoms with Crippen LogP contribution in [0.4, 0.5) is 0 Å². The van der Waals surface area contributed by atoms with E-state index in [0.717, 1.165) is 0 Å². The van der Waals surface area contributed by atoms with Crippen LogP contribution >= 0.6 is 11.6 Å². The molecule has 108 valence electrons. The molecule has 0 aromatic carbocycles. The predicted molar refractivity (Wildman–Crippen MR) is 75.5 cm³/mol. The van der Waals surface area contributed by atoms with Crippen LogP contribution in [0.2, 0.25) is 5.15 Å². The lowest BCUT2D eigenvalue weighted by atomic mass is 10.1. The SMILES string of the molecule is CCc1nn(C)c(Cl)c1C(=O)N(CC)CC(C)(C)O. The van der Waals surface area contributed by atoms with Crippen molar-refractivity contribution in [3.8, 4) is 0 Å². The molecular weight excluding hydrogens is 266 g/mol. The molecule has 1 heterocycles. The summed E-state index contributed by atoms with van der Waals surface area (Å²) < 4.78 is 1.51. The Bertz CT molecular complexity index is 463. The first-order chi connectivity index (χ1) is 8.71. The zero-order valence-corrected chi connectivity index (χ0v) is 13.0. The first kappa shape index (κ1) is 16.0. The van der Waals surface area contributed by atoms with Gasteiger partial charge in [-0.25, -0.2) is 0 Å². The average molecular weight is 288 g/mol. The zero-order valence-electron chi connectivity index (χ0n) is 12.2. The topological polar surface area (TPSA) is 58.4 Å². The molecule has 0 fully saturated rings. The van der Waals surface area contributed by atoms with E-state index in [-0.39, 0.29) is 12.5 Å². The van der Waals surface area contributed by atoms with Crippen molar-refractivity contribution in [3.63, 3.8) is 0 Å². The minimum Gasteiger partial charge on any atom is -0.389 e. The third-order valence-corrected chi connectivity index (χ3v) is 3.28. The largest absolute Gasteiger partial charge is 0.389 e. The number of halogens is 1. The van der Waals surface area contributed by atoms with Gasteiger partial charge in [-0.15, -0.1) is 0 Å². The van der Waals surface area contributed by atoms with E-state index in [4.69, 9.17) is 11.6 Å². The van der Waals surface area contributed by atoms with Gasteiger partial charge in [-0.1, -0.05) is 18.5 Å². The lowest BCUT2D eigenvalue weighted by Gasteiger charge is -2.28. The van der Waals surface area contributed by atoms with Crippen molar-refractivity contribution < 1.29 is 9.90 Å². The van der Waals surface area contributed by atoms with E-state index in [9.17, 15) is 9.90 Å². The van der Waals surface area contributed by atoms with Gasteiger partial charge in [0.25, 0.3) is 5.91 Å². The molecule has 19 heavy (non-hydrogen) atoms. The summed E-state index contributed by atoms with van der Waals surface area (Å²) >= 11 is 6.15. The van der Waals surface area contributed by atoms with Crippen molar-refractivity contribution in [1.29, 1.82) is 0 Å². The van der Waals surface area contributed by atoms with Gasteiger partial charge in [0.05, 0.1) is 16.9 Å². The van der Waals surface area contributed by atoms with Gasteiger partial charge < -0.3 is 10.0 Å². The zero-order chi connectivity index (χ0) is 14.8. The maximum absolute atomic E-state index is 12.5. The van der Waals surface area contributed by atoms with Crippen molar-refractivity contribution in [2.24, 2.45) is 7.05 Å². The van der Waals surface area contributed by atoms with Crippen molar-refractivity contribution in [1.82, 2.24) is 14.7 Å². The minimum atomic E-state index is -0.938. The molecule has 1 aromatic rings. The van der Waals surface area contributed by atoms with Crippen LogP contribution in [0.25, 0.3) is 0 Å². The molecule has 0 radical (unpaired) electrons. The van der Waals surface area contributed by atoms with Crippen LogP contribution < -0.4 is 0 Å². The Morgan fingerprint density at radius 3 is 2.47 bits per heavy atom. The molecule has 0 spiro atoms. The van der Waals surface area contributed by atoms with E-state index in [1.807, 2.05) is 13.8 Å². The normalized spacial score (nSPS) is 11.7. The summed E-state index contributed by atoms with van der Waals surface area (Å²) in [6.45, 7) is 7.93. The van der Waals surface area contributed by atoms with Crippen molar-refractivity contribution >= 4 is 17.5 Å². The molecule has 0 unspecified atom stereocenters. The molecule has 0 aliphatic carbocycles. The number of aliphatic hydroxyl groups is 1. The van der Waals surface area contributed by atoms with Gasteiger partial charge in [0.2, 0.25) is 0 Å². The predicted octanol–water partition coefficient (Wildman–Crippen LogP) is 1.87. The highest BCUT2D eigenvalue weighted by molar-refractivity contribution is 6.33. The highest BCUT2D eigenvalue weighted by Gasteiger charge is 2.27. The Kier molecular flexibility index (Phi) is 4.98. The monoisotopic (exact) mass is 287 g/mol. The van der Waals surface area contributed by atoms with Crippen LogP contribution in [0, 0.1) is 0 Å². The molecule has 0 aliphatic rings. The van der Waals surface area contributed by atoms with Gasteiger partial charge in [0.1, 0.15) is 5.15 Å². The molecule has 5 nitrogen and oxygen atoms in total. The fourth-order valence-corrected chi connectivity index (χ4v) is 2.20. The number of likely N-dealkylation sites (N-methyl/N-ethyl adjacent to an activating group) is 1. The first-order valence-electron chi connectivity index (χ1n) is 6.44. The number of hydrogen-bond acceptors (Lipinski definition) is 3. The third-order valence-electron chi connectivity index (χ3n) is 2.85. The molecule has 0 atom stereocenters. The highest BCUT2D eigenvalue weighted by Crippen LogP contribution is 2.22. The third kappa shape index (κ3) is 3.70. The number of aryl methyl sites for hydroxylation is 2. The fraction of sp³-hybridized carbons (Fsp3) is 0.692. The summed E-state index contributed by atoms with van der Waals surface area (Å²) in [6.07, 6.45) is 0.641. The van der Waals surface area contributed by atoms with Crippen molar-refractivity contribution in [2.45, 2.75) is 39.7 Å². The van der Waals surface area contributed by atoms with Gasteiger partial charge in [-0.3, -0.25) is 9.48 Å². The molecule has 6 heteroatoms. The molecule has 1 amide bonds. The maximum Gasteiger partial charge on any atom is 0.258 e. The maximum atomic E-state index is 12.5. The van der Waals surface area contributed by atoms with Gasteiger partial charge in [0.15, 0.2) is 0 Å². The van der Waals surface area contributed by atoms with Crippen LogP contribution in [0.15, 0.2) is 0 Å². The number of carbonyl (C=O) groups excluding carboxylic acids is 1. The van der Waals surface area contributed by atoms with Crippen LogP contribution in [-0.4, -0.2) is 44.4 Å². The van der Waals surface area contributed by atoms with E-state index in [0.29, 0.717) is 29.4 Å². The van der Waals surface area contributed by atoms with E-state index in [1.54, 1.807) is 25.8 Å². The molecule has 0 aliphatic heterocycles. The van der Waals surface area contributed by atoms with Crippen LogP contribution in [0.1, 0.15) is 43.7 Å². The minimum absolute atomic E-state index is 0.181. The van der Waals surface area contributed by atoms with Gasteiger partial charge in [-0.2, -0.15) is 5.10 Å². The first-order valence-corrected chi connectivity index (χ1v) is 6.82. The molecule has 0 saturated carbocycles. The van der Waals surface area contributed by atoms with E-state index < -0.39 is 5.60 Å². The number of nitrogens with zero attached hydrogens (tertiary/aromatic N) is 3. The second-order valence-electron chi connectivity index (χ2n) is 5.22. The van der Waals surface area contributed by atoms with Gasteiger partial charge >= 0.3 is 0 Å². The quantitative estimate of drug-likeness (QED) is 0.899. The number of carbonyl (C=O) groups is 1.